The van der Waals surface area contributed by atoms with Gasteiger partial charge in [-0.05, 0) is 36.8 Å². The summed E-state index contributed by atoms with van der Waals surface area (Å²) in [6.07, 6.45) is 0. The first-order valence-electron chi connectivity index (χ1n) is 8.85. The van der Waals surface area contributed by atoms with Crippen molar-refractivity contribution in [2.45, 2.75) is 13.5 Å². The van der Waals surface area contributed by atoms with E-state index in [4.69, 9.17) is 4.74 Å². The van der Waals surface area contributed by atoms with Crippen LogP contribution in [-0.4, -0.2) is 43.7 Å². The molecule has 0 aromatic heterocycles. The third-order valence-corrected chi connectivity index (χ3v) is 3.75. The van der Waals surface area contributed by atoms with Gasteiger partial charge in [0.15, 0.2) is 5.96 Å². The van der Waals surface area contributed by atoms with Gasteiger partial charge in [-0.1, -0.05) is 24.3 Å². The molecular weight excluding hydrogens is 471 g/mol. The minimum atomic E-state index is -0.312. The topological polar surface area (TPSA) is 95.0 Å². The van der Waals surface area contributed by atoms with E-state index in [-0.39, 0.29) is 41.2 Å². The van der Waals surface area contributed by atoms with Crippen molar-refractivity contribution >= 4 is 35.8 Å². The molecule has 4 N–H and O–H groups in total. The smallest absolute Gasteiger partial charge is 0.255 e. The number of carbonyl (C=O) groups excluding carboxylic acids is 1. The minimum absolute atomic E-state index is 0. The summed E-state index contributed by atoms with van der Waals surface area (Å²) >= 11 is 0. The van der Waals surface area contributed by atoms with Crippen LogP contribution in [0.5, 0.6) is 11.5 Å². The number of aromatic hydroxyl groups is 1. The monoisotopic (exact) mass is 498 g/mol. The number of phenolic OH excluding ortho intramolecular Hbond substituents is 1. The van der Waals surface area contributed by atoms with E-state index in [1.54, 1.807) is 25.3 Å². The van der Waals surface area contributed by atoms with Crippen molar-refractivity contribution in [1.82, 2.24) is 16.0 Å². The number of methoxy groups -OCH3 is 1. The van der Waals surface area contributed by atoms with Gasteiger partial charge in [0.2, 0.25) is 0 Å². The number of aliphatic imine (C=N–C) groups is 1. The van der Waals surface area contributed by atoms with Crippen LogP contribution in [0.3, 0.4) is 0 Å². The first-order chi connectivity index (χ1) is 13.1. The van der Waals surface area contributed by atoms with E-state index in [9.17, 15) is 9.90 Å². The zero-order chi connectivity index (χ0) is 19.5. The number of rotatable bonds is 8. The number of hydrogen-bond donors (Lipinski definition) is 4. The Hall–Kier alpha value is -2.49. The van der Waals surface area contributed by atoms with Gasteiger partial charge in [-0.25, -0.2) is 4.99 Å². The number of phenols is 1. The first kappa shape index (κ1) is 23.5. The predicted molar refractivity (Wildman–Crippen MR) is 122 cm³/mol. The van der Waals surface area contributed by atoms with Crippen LogP contribution < -0.4 is 20.7 Å². The molecule has 0 heterocycles. The fourth-order valence-electron chi connectivity index (χ4n) is 2.40. The first-order valence-corrected chi connectivity index (χ1v) is 8.85. The van der Waals surface area contributed by atoms with Gasteiger partial charge in [0.25, 0.3) is 5.91 Å². The minimum Gasteiger partial charge on any atom is -0.507 e. The van der Waals surface area contributed by atoms with Gasteiger partial charge in [0, 0.05) is 19.6 Å². The lowest BCUT2D eigenvalue weighted by Gasteiger charge is -2.12. The van der Waals surface area contributed by atoms with E-state index in [1.807, 2.05) is 31.2 Å². The van der Waals surface area contributed by atoms with Crippen molar-refractivity contribution in [3.8, 4) is 11.5 Å². The molecule has 0 radical (unpaired) electrons. The molecule has 152 valence electrons. The van der Waals surface area contributed by atoms with Crippen LogP contribution >= 0.6 is 24.0 Å². The maximum atomic E-state index is 12.1. The summed E-state index contributed by atoms with van der Waals surface area (Å²) in [5, 5.41) is 18.8. The van der Waals surface area contributed by atoms with E-state index < -0.39 is 0 Å². The lowest BCUT2D eigenvalue weighted by atomic mass is 10.2. The van der Waals surface area contributed by atoms with Gasteiger partial charge in [-0.3, -0.25) is 4.79 Å². The highest BCUT2D eigenvalue weighted by molar-refractivity contribution is 14.0. The highest BCUT2D eigenvalue weighted by Crippen LogP contribution is 2.15. The Kier molecular flexibility index (Phi) is 10.8. The fraction of sp³-hybridized carbons (Fsp3) is 0.300. The lowest BCUT2D eigenvalue weighted by molar-refractivity contribution is 0.0951. The number of amides is 1. The second kappa shape index (κ2) is 12.8. The standard InChI is InChI=1S/C20H26N4O3.HI/c1-3-21-20(24-14-15-7-6-8-16(13-15)27-2)23-12-11-22-19(26)17-9-4-5-10-18(17)25;/h4-10,13,25H,3,11-12,14H2,1-2H3,(H,22,26)(H2,21,23,24);1H. The molecule has 0 saturated carbocycles. The Balaban J connectivity index is 0.00000392. The molecule has 0 aliphatic heterocycles. The highest BCUT2D eigenvalue weighted by atomic mass is 127. The van der Waals surface area contributed by atoms with Crippen molar-refractivity contribution in [3.05, 3.63) is 59.7 Å². The van der Waals surface area contributed by atoms with Crippen LogP contribution in [0.2, 0.25) is 0 Å². The van der Waals surface area contributed by atoms with Crippen molar-refractivity contribution in [2.75, 3.05) is 26.7 Å². The molecule has 1 amide bonds. The summed E-state index contributed by atoms with van der Waals surface area (Å²) < 4.78 is 5.22. The van der Waals surface area contributed by atoms with E-state index in [2.05, 4.69) is 20.9 Å². The number of guanidine groups is 1. The SMILES string of the molecule is CCNC(=NCc1cccc(OC)c1)NCCNC(=O)c1ccccc1O.I. The van der Waals surface area contributed by atoms with E-state index in [1.165, 1.54) is 6.07 Å². The number of nitrogens with zero attached hydrogens (tertiary/aromatic N) is 1. The Morgan fingerprint density at radius 3 is 2.54 bits per heavy atom. The molecule has 0 atom stereocenters. The second-order valence-corrected chi connectivity index (χ2v) is 5.75. The number of hydrogen-bond acceptors (Lipinski definition) is 4. The Morgan fingerprint density at radius 2 is 1.82 bits per heavy atom. The van der Waals surface area contributed by atoms with Crippen LogP contribution in [0, 0.1) is 0 Å². The number of ether oxygens (including phenoxy) is 1. The molecule has 0 unspecified atom stereocenters. The lowest BCUT2D eigenvalue weighted by Crippen LogP contribution is -2.41. The van der Waals surface area contributed by atoms with Gasteiger partial charge in [-0.15, -0.1) is 24.0 Å². The average Bonchev–Trinajstić information content (AvgIpc) is 2.69. The maximum absolute atomic E-state index is 12.1. The number of nitrogens with one attached hydrogen (secondary N) is 3. The molecule has 2 aromatic carbocycles. The molecule has 7 nitrogen and oxygen atoms in total. The van der Waals surface area contributed by atoms with Crippen molar-refractivity contribution in [2.24, 2.45) is 4.99 Å². The number of halogens is 1. The summed E-state index contributed by atoms with van der Waals surface area (Å²) in [7, 11) is 1.64. The molecule has 0 fully saturated rings. The van der Waals surface area contributed by atoms with Crippen LogP contribution in [0.1, 0.15) is 22.8 Å². The third-order valence-electron chi connectivity index (χ3n) is 3.75. The summed E-state index contributed by atoms with van der Waals surface area (Å²) in [6.45, 7) is 4.13. The summed E-state index contributed by atoms with van der Waals surface area (Å²) in [4.78, 5) is 16.6. The van der Waals surface area contributed by atoms with Crippen LogP contribution in [-0.2, 0) is 6.54 Å². The molecule has 2 rings (SSSR count). The maximum Gasteiger partial charge on any atom is 0.255 e. The molecule has 0 aliphatic carbocycles. The number of para-hydroxylation sites is 1. The normalized spacial score (nSPS) is 10.6. The molecule has 0 saturated heterocycles. The summed E-state index contributed by atoms with van der Waals surface area (Å²) in [5.41, 5.74) is 1.30. The van der Waals surface area contributed by atoms with Crippen LogP contribution in [0.4, 0.5) is 0 Å². The number of carbonyl (C=O) groups is 1. The highest BCUT2D eigenvalue weighted by Gasteiger charge is 2.09. The predicted octanol–water partition coefficient (Wildman–Crippen LogP) is 2.50. The molecule has 0 spiro atoms. The van der Waals surface area contributed by atoms with Gasteiger partial charge in [-0.2, -0.15) is 0 Å². The second-order valence-electron chi connectivity index (χ2n) is 5.75. The van der Waals surface area contributed by atoms with Crippen LogP contribution in [0.15, 0.2) is 53.5 Å². The quantitative estimate of drug-likeness (QED) is 0.194. The summed E-state index contributed by atoms with van der Waals surface area (Å²) in [5.74, 6) is 1.12. The zero-order valence-corrected chi connectivity index (χ0v) is 18.4. The zero-order valence-electron chi connectivity index (χ0n) is 16.1. The Labute approximate surface area is 182 Å². The molecular formula is C20H27IN4O3. The fourth-order valence-corrected chi connectivity index (χ4v) is 2.40. The molecule has 8 heteroatoms. The Bertz CT molecular complexity index is 784. The Morgan fingerprint density at radius 1 is 1.07 bits per heavy atom. The van der Waals surface area contributed by atoms with Crippen molar-refractivity contribution in [1.29, 1.82) is 0 Å². The van der Waals surface area contributed by atoms with Gasteiger partial charge in [0.1, 0.15) is 11.5 Å². The van der Waals surface area contributed by atoms with E-state index >= 15 is 0 Å². The largest absolute Gasteiger partial charge is 0.507 e. The van der Waals surface area contributed by atoms with Gasteiger partial charge in [0.05, 0.1) is 19.2 Å². The molecule has 2 aromatic rings. The molecule has 0 aliphatic rings. The van der Waals surface area contributed by atoms with E-state index in [0.717, 1.165) is 17.9 Å². The molecule has 28 heavy (non-hydrogen) atoms. The van der Waals surface area contributed by atoms with Gasteiger partial charge >= 0.3 is 0 Å². The van der Waals surface area contributed by atoms with Gasteiger partial charge < -0.3 is 25.8 Å². The van der Waals surface area contributed by atoms with E-state index in [0.29, 0.717) is 25.6 Å². The van der Waals surface area contributed by atoms with Crippen LogP contribution in [0.25, 0.3) is 0 Å². The number of benzene rings is 2. The van der Waals surface area contributed by atoms with Crippen molar-refractivity contribution in [3.63, 3.8) is 0 Å². The summed E-state index contributed by atoms with van der Waals surface area (Å²) in [6, 6.07) is 14.2. The average molecular weight is 498 g/mol. The van der Waals surface area contributed by atoms with Crippen molar-refractivity contribution < 1.29 is 14.6 Å². The third kappa shape index (κ3) is 7.63. The molecule has 0 bridgehead atoms.